The SMILES string of the molecule is COc1ccc(N2CCN(C(=O)CNC(=O)C3CCCO3)CC2)cc1. The predicted molar refractivity (Wildman–Crippen MR) is 93.8 cm³/mol. The standard InChI is InChI=1S/C18H25N3O4/c1-24-15-6-4-14(5-7-15)20-8-10-21(11-9-20)17(22)13-19-18(23)16-3-2-12-25-16/h4-7,16H,2-3,8-13H2,1H3,(H,19,23). The van der Waals surface area contributed by atoms with E-state index in [-0.39, 0.29) is 24.5 Å². The first-order valence-electron chi connectivity index (χ1n) is 8.73. The maximum absolute atomic E-state index is 12.3. The number of carbonyl (C=O) groups is 2. The van der Waals surface area contributed by atoms with E-state index in [1.807, 2.05) is 24.3 Å². The first-order valence-corrected chi connectivity index (χ1v) is 8.73. The Bertz CT molecular complexity index is 591. The Kier molecular flexibility index (Phi) is 5.75. The van der Waals surface area contributed by atoms with Crippen molar-refractivity contribution >= 4 is 17.5 Å². The zero-order valence-electron chi connectivity index (χ0n) is 14.6. The number of methoxy groups -OCH3 is 1. The van der Waals surface area contributed by atoms with E-state index in [1.165, 1.54) is 0 Å². The zero-order valence-corrected chi connectivity index (χ0v) is 14.6. The summed E-state index contributed by atoms with van der Waals surface area (Å²) in [5.41, 5.74) is 1.12. The number of hydrogen-bond donors (Lipinski definition) is 1. The Morgan fingerprint density at radius 1 is 1.20 bits per heavy atom. The monoisotopic (exact) mass is 347 g/mol. The van der Waals surface area contributed by atoms with E-state index in [0.29, 0.717) is 19.7 Å². The van der Waals surface area contributed by atoms with Crippen molar-refractivity contribution in [3.05, 3.63) is 24.3 Å². The maximum atomic E-state index is 12.3. The van der Waals surface area contributed by atoms with E-state index in [0.717, 1.165) is 37.4 Å². The van der Waals surface area contributed by atoms with Gasteiger partial charge in [0.1, 0.15) is 11.9 Å². The number of hydrogen-bond acceptors (Lipinski definition) is 5. The summed E-state index contributed by atoms with van der Waals surface area (Å²) in [5, 5.41) is 2.69. The molecule has 136 valence electrons. The number of nitrogens with zero attached hydrogens (tertiary/aromatic N) is 2. The third kappa shape index (κ3) is 4.42. The lowest BCUT2D eigenvalue weighted by atomic mass is 10.2. The maximum Gasteiger partial charge on any atom is 0.249 e. The largest absolute Gasteiger partial charge is 0.497 e. The van der Waals surface area contributed by atoms with E-state index >= 15 is 0 Å². The molecule has 2 aliphatic rings. The average molecular weight is 347 g/mol. The van der Waals surface area contributed by atoms with Crippen LogP contribution in [0.5, 0.6) is 5.75 Å². The third-order valence-electron chi connectivity index (χ3n) is 4.71. The lowest BCUT2D eigenvalue weighted by Crippen LogP contribution is -2.51. The molecule has 2 saturated heterocycles. The molecule has 1 unspecified atom stereocenters. The van der Waals surface area contributed by atoms with Crippen molar-refractivity contribution in [1.82, 2.24) is 10.2 Å². The van der Waals surface area contributed by atoms with Crippen LogP contribution in [0.25, 0.3) is 0 Å². The summed E-state index contributed by atoms with van der Waals surface area (Å²) in [6, 6.07) is 7.93. The molecule has 1 aromatic rings. The molecule has 25 heavy (non-hydrogen) atoms. The summed E-state index contributed by atoms with van der Waals surface area (Å²) in [4.78, 5) is 28.2. The van der Waals surface area contributed by atoms with Gasteiger partial charge in [0.15, 0.2) is 0 Å². The molecule has 1 atom stereocenters. The highest BCUT2D eigenvalue weighted by molar-refractivity contribution is 5.87. The van der Waals surface area contributed by atoms with Gasteiger partial charge in [-0.15, -0.1) is 0 Å². The van der Waals surface area contributed by atoms with Crippen LogP contribution in [0.15, 0.2) is 24.3 Å². The molecule has 0 aromatic heterocycles. The Hall–Kier alpha value is -2.28. The smallest absolute Gasteiger partial charge is 0.249 e. The molecule has 7 nitrogen and oxygen atoms in total. The van der Waals surface area contributed by atoms with Crippen LogP contribution < -0.4 is 15.0 Å². The Morgan fingerprint density at radius 2 is 1.92 bits per heavy atom. The molecule has 3 rings (SSSR count). The number of amides is 2. The summed E-state index contributed by atoms with van der Waals surface area (Å²) in [7, 11) is 1.65. The van der Waals surface area contributed by atoms with Crippen LogP contribution in [0.3, 0.4) is 0 Å². The van der Waals surface area contributed by atoms with Gasteiger partial charge < -0.3 is 24.6 Å². The molecule has 0 aliphatic carbocycles. The van der Waals surface area contributed by atoms with Crippen molar-refractivity contribution in [2.24, 2.45) is 0 Å². The van der Waals surface area contributed by atoms with Crippen LogP contribution in [-0.4, -0.2) is 69.3 Å². The Balaban J connectivity index is 1.43. The molecular formula is C18H25N3O4. The van der Waals surface area contributed by atoms with Crippen molar-refractivity contribution < 1.29 is 19.1 Å². The number of piperazine rings is 1. The van der Waals surface area contributed by atoms with E-state index in [4.69, 9.17) is 9.47 Å². The molecule has 2 heterocycles. The number of rotatable bonds is 5. The zero-order chi connectivity index (χ0) is 17.6. The minimum absolute atomic E-state index is 0.0410. The summed E-state index contributed by atoms with van der Waals surface area (Å²) in [6.45, 7) is 3.53. The molecule has 0 spiro atoms. The lowest BCUT2D eigenvalue weighted by Gasteiger charge is -2.36. The molecule has 1 N–H and O–H groups in total. The van der Waals surface area contributed by atoms with Crippen LogP contribution in [0, 0.1) is 0 Å². The summed E-state index contributed by atoms with van der Waals surface area (Å²) in [5.74, 6) is 0.614. The van der Waals surface area contributed by atoms with Crippen molar-refractivity contribution in [3.63, 3.8) is 0 Å². The molecule has 0 radical (unpaired) electrons. The van der Waals surface area contributed by atoms with Crippen molar-refractivity contribution in [2.45, 2.75) is 18.9 Å². The summed E-state index contributed by atoms with van der Waals surface area (Å²) in [6.07, 6.45) is 1.25. The van der Waals surface area contributed by atoms with Crippen LogP contribution >= 0.6 is 0 Å². The molecule has 1 aromatic carbocycles. The molecule has 2 aliphatic heterocycles. The van der Waals surface area contributed by atoms with Gasteiger partial charge >= 0.3 is 0 Å². The predicted octanol–water partition coefficient (Wildman–Crippen LogP) is 0.639. The molecular weight excluding hydrogens is 322 g/mol. The van der Waals surface area contributed by atoms with E-state index in [9.17, 15) is 9.59 Å². The second-order valence-corrected chi connectivity index (χ2v) is 6.29. The topological polar surface area (TPSA) is 71.1 Å². The number of anilines is 1. The van der Waals surface area contributed by atoms with Crippen LogP contribution in [-0.2, 0) is 14.3 Å². The Labute approximate surface area is 147 Å². The molecule has 7 heteroatoms. The number of ether oxygens (including phenoxy) is 2. The van der Waals surface area contributed by atoms with Gasteiger partial charge in [-0.1, -0.05) is 0 Å². The van der Waals surface area contributed by atoms with Gasteiger partial charge in [0, 0.05) is 38.5 Å². The highest BCUT2D eigenvalue weighted by Crippen LogP contribution is 2.20. The fourth-order valence-electron chi connectivity index (χ4n) is 3.18. The highest BCUT2D eigenvalue weighted by atomic mass is 16.5. The van der Waals surface area contributed by atoms with E-state index < -0.39 is 0 Å². The second-order valence-electron chi connectivity index (χ2n) is 6.29. The van der Waals surface area contributed by atoms with Gasteiger partial charge in [-0.05, 0) is 37.1 Å². The number of benzene rings is 1. The van der Waals surface area contributed by atoms with Crippen LogP contribution in [0.4, 0.5) is 5.69 Å². The van der Waals surface area contributed by atoms with Crippen LogP contribution in [0.1, 0.15) is 12.8 Å². The van der Waals surface area contributed by atoms with E-state index in [1.54, 1.807) is 12.0 Å². The quantitative estimate of drug-likeness (QED) is 0.846. The minimum Gasteiger partial charge on any atom is -0.497 e. The Morgan fingerprint density at radius 3 is 2.52 bits per heavy atom. The normalized spacial score (nSPS) is 20.4. The fraction of sp³-hybridized carbons (Fsp3) is 0.556. The fourth-order valence-corrected chi connectivity index (χ4v) is 3.18. The van der Waals surface area contributed by atoms with Crippen LogP contribution in [0.2, 0.25) is 0 Å². The summed E-state index contributed by atoms with van der Waals surface area (Å²) < 4.78 is 10.5. The second kappa shape index (κ2) is 8.20. The summed E-state index contributed by atoms with van der Waals surface area (Å²) >= 11 is 0. The van der Waals surface area contributed by atoms with Crippen molar-refractivity contribution in [3.8, 4) is 5.75 Å². The third-order valence-corrected chi connectivity index (χ3v) is 4.71. The number of nitrogens with one attached hydrogen (secondary N) is 1. The lowest BCUT2D eigenvalue weighted by molar-refractivity contribution is -0.136. The first-order chi connectivity index (χ1) is 12.2. The van der Waals surface area contributed by atoms with Crippen molar-refractivity contribution in [2.75, 3.05) is 51.3 Å². The van der Waals surface area contributed by atoms with E-state index in [2.05, 4.69) is 10.2 Å². The van der Waals surface area contributed by atoms with Crippen molar-refractivity contribution in [1.29, 1.82) is 0 Å². The van der Waals surface area contributed by atoms with Gasteiger partial charge in [0.2, 0.25) is 11.8 Å². The molecule has 2 fully saturated rings. The van der Waals surface area contributed by atoms with Gasteiger partial charge in [-0.3, -0.25) is 9.59 Å². The average Bonchev–Trinajstić information content (AvgIpc) is 3.21. The molecule has 0 saturated carbocycles. The van der Waals surface area contributed by atoms with Gasteiger partial charge in [-0.2, -0.15) is 0 Å². The number of carbonyl (C=O) groups excluding carboxylic acids is 2. The first kappa shape index (κ1) is 17.5. The minimum atomic E-state index is -0.389. The van der Waals surface area contributed by atoms with Gasteiger partial charge in [0.25, 0.3) is 0 Å². The molecule has 2 amide bonds. The van der Waals surface area contributed by atoms with Gasteiger partial charge in [0.05, 0.1) is 13.7 Å². The van der Waals surface area contributed by atoms with Gasteiger partial charge in [-0.25, -0.2) is 0 Å². The molecule has 0 bridgehead atoms. The highest BCUT2D eigenvalue weighted by Gasteiger charge is 2.25.